The van der Waals surface area contributed by atoms with E-state index in [0.29, 0.717) is 5.92 Å². The minimum atomic E-state index is 0.0555. The maximum Gasteiger partial charge on any atom is 0.181 e. The van der Waals surface area contributed by atoms with Crippen molar-refractivity contribution in [3.8, 4) is 11.5 Å². The first-order valence-electron chi connectivity index (χ1n) is 9.58. The number of hydrogen-bond donors (Lipinski definition) is 1. The normalized spacial score (nSPS) is 23.1. The molecule has 4 nitrogen and oxygen atoms in total. The topological polar surface area (TPSA) is 54.7 Å². The number of rotatable bonds is 3. The van der Waals surface area contributed by atoms with Crippen LogP contribution in [-0.4, -0.2) is 15.2 Å². The molecule has 1 saturated carbocycles. The lowest BCUT2D eigenvalue weighted by Crippen LogP contribution is -2.38. The van der Waals surface area contributed by atoms with E-state index in [9.17, 15) is 0 Å². The van der Waals surface area contributed by atoms with Crippen LogP contribution < -0.4 is 0 Å². The number of H-pyrrole nitrogens is 1. The van der Waals surface area contributed by atoms with Gasteiger partial charge in [0, 0.05) is 23.1 Å². The van der Waals surface area contributed by atoms with Crippen LogP contribution in [0.2, 0.25) is 0 Å². The Bertz CT molecular complexity index is 904. The van der Waals surface area contributed by atoms with Gasteiger partial charge < -0.3 is 4.42 Å². The van der Waals surface area contributed by atoms with Gasteiger partial charge in [-0.15, -0.1) is 0 Å². The molecule has 0 saturated heterocycles. The Labute approximate surface area is 153 Å². The highest BCUT2D eigenvalue weighted by Gasteiger charge is 2.41. The Balaban J connectivity index is 1.59. The molecular formula is C22H23N3O. The van der Waals surface area contributed by atoms with E-state index in [2.05, 4.69) is 57.7 Å². The molecule has 132 valence electrons. The van der Waals surface area contributed by atoms with Crippen LogP contribution in [0, 0.1) is 5.92 Å². The molecule has 0 spiro atoms. The Kier molecular flexibility index (Phi) is 3.77. The van der Waals surface area contributed by atoms with Crippen LogP contribution in [0.25, 0.3) is 17.5 Å². The van der Waals surface area contributed by atoms with Crippen LogP contribution in [0.4, 0.5) is 0 Å². The number of allylic oxidation sites excluding steroid dienone is 1. The molecule has 3 aromatic rings. The molecule has 1 unspecified atom stereocenters. The van der Waals surface area contributed by atoms with E-state index < -0.39 is 0 Å². The van der Waals surface area contributed by atoms with Crippen molar-refractivity contribution in [2.24, 2.45) is 5.92 Å². The fourth-order valence-corrected chi connectivity index (χ4v) is 4.89. The molecule has 4 heteroatoms. The monoisotopic (exact) mass is 345 g/mol. The van der Waals surface area contributed by atoms with E-state index in [1.165, 1.54) is 49.8 Å². The molecule has 1 fully saturated rings. The third kappa shape index (κ3) is 2.44. The average molecular weight is 345 g/mol. The zero-order valence-electron chi connectivity index (χ0n) is 14.8. The second-order valence-electron chi connectivity index (χ2n) is 7.58. The van der Waals surface area contributed by atoms with Crippen LogP contribution >= 0.6 is 0 Å². The maximum absolute atomic E-state index is 5.47. The average Bonchev–Trinajstić information content (AvgIpc) is 3.38. The molecule has 26 heavy (non-hydrogen) atoms. The van der Waals surface area contributed by atoms with Gasteiger partial charge in [-0.25, -0.2) is 4.98 Å². The quantitative estimate of drug-likeness (QED) is 0.714. The lowest BCUT2D eigenvalue weighted by molar-refractivity contribution is 0.241. The Hall–Kier alpha value is -2.62. The first-order chi connectivity index (χ1) is 12.9. The van der Waals surface area contributed by atoms with Crippen molar-refractivity contribution < 1.29 is 4.42 Å². The largest absolute Gasteiger partial charge is 0.442 e. The summed E-state index contributed by atoms with van der Waals surface area (Å²) in [4.78, 5) is 4.03. The molecule has 2 heterocycles. The molecule has 2 aromatic heterocycles. The SMILES string of the molecule is C1=CC(c2ccccc2)(C2CCCCC2)Cc2[nH]nc(-c3cnco3)c21. The van der Waals surface area contributed by atoms with Crippen molar-refractivity contribution in [2.75, 3.05) is 0 Å². The van der Waals surface area contributed by atoms with Gasteiger partial charge in [-0.05, 0) is 24.3 Å². The summed E-state index contributed by atoms with van der Waals surface area (Å²) in [7, 11) is 0. The predicted molar refractivity (Wildman–Crippen MR) is 102 cm³/mol. The molecular weight excluding hydrogens is 322 g/mol. The van der Waals surface area contributed by atoms with E-state index >= 15 is 0 Å². The van der Waals surface area contributed by atoms with E-state index in [1.54, 1.807) is 6.20 Å². The number of aromatic nitrogens is 3. The molecule has 5 rings (SSSR count). The zero-order valence-corrected chi connectivity index (χ0v) is 14.8. The smallest absolute Gasteiger partial charge is 0.181 e. The van der Waals surface area contributed by atoms with E-state index in [4.69, 9.17) is 4.42 Å². The van der Waals surface area contributed by atoms with E-state index in [1.807, 2.05) is 0 Å². The van der Waals surface area contributed by atoms with Crippen LogP contribution in [0.1, 0.15) is 48.9 Å². The number of benzene rings is 1. The van der Waals surface area contributed by atoms with Gasteiger partial charge in [0.2, 0.25) is 0 Å². The van der Waals surface area contributed by atoms with E-state index in [-0.39, 0.29) is 5.41 Å². The van der Waals surface area contributed by atoms with Crippen molar-refractivity contribution in [1.82, 2.24) is 15.2 Å². The highest BCUT2D eigenvalue weighted by atomic mass is 16.3. The van der Waals surface area contributed by atoms with Gasteiger partial charge >= 0.3 is 0 Å². The highest BCUT2D eigenvalue weighted by molar-refractivity contribution is 5.72. The molecule has 1 atom stereocenters. The third-order valence-electron chi connectivity index (χ3n) is 6.21. The second kappa shape index (κ2) is 6.27. The van der Waals surface area contributed by atoms with Gasteiger partial charge in [-0.2, -0.15) is 5.10 Å². The second-order valence-corrected chi connectivity index (χ2v) is 7.58. The van der Waals surface area contributed by atoms with Crippen LogP contribution in [0.5, 0.6) is 0 Å². The summed E-state index contributed by atoms with van der Waals surface area (Å²) in [6, 6.07) is 11.0. The minimum Gasteiger partial charge on any atom is -0.442 e. The summed E-state index contributed by atoms with van der Waals surface area (Å²) in [5.74, 6) is 1.40. The molecule has 0 amide bonds. The Morgan fingerprint density at radius 1 is 1.08 bits per heavy atom. The first-order valence-corrected chi connectivity index (χ1v) is 9.58. The number of oxazole rings is 1. The number of aromatic amines is 1. The number of hydrogen-bond acceptors (Lipinski definition) is 3. The highest BCUT2D eigenvalue weighted by Crippen LogP contribution is 2.47. The summed E-state index contributed by atoms with van der Waals surface area (Å²) >= 11 is 0. The molecule has 0 bridgehead atoms. The lowest BCUT2D eigenvalue weighted by Gasteiger charge is -2.43. The van der Waals surface area contributed by atoms with Crippen molar-refractivity contribution in [2.45, 2.75) is 43.9 Å². The van der Waals surface area contributed by atoms with Gasteiger partial charge in [0.25, 0.3) is 0 Å². The fraction of sp³-hybridized carbons (Fsp3) is 0.364. The fourth-order valence-electron chi connectivity index (χ4n) is 4.89. The zero-order chi connectivity index (χ0) is 17.4. The van der Waals surface area contributed by atoms with Crippen molar-refractivity contribution in [3.63, 3.8) is 0 Å². The van der Waals surface area contributed by atoms with Crippen LogP contribution in [-0.2, 0) is 11.8 Å². The predicted octanol–water partition coefficient (Wildman–Crippen LogP) is 5.15. The minimum absolute atomic E-state index is 0.0555. The van der Waals surface area contributed by atoms with Gasteiger partial charge in [0.05, 0.1) is 6.20 Å². The molecule has 0 aliphatic heterocycles. The van der Waals surface area contributed by atoms with E-state index in [0.717, 1.165) is 23.4 Å². The lowest BCUT2D eigenvalue weighted by atomic mass is 9.61. The summed E-state index contributed by atoms with van der Waals surface area (Å²) in [5.41, 5.74) is 4.68. The van der Waals surface area contributed by atoms with Gasteiger partial charge in [-0.1, -0.05) is 61.7 Å². The standard InChI is InChI=1S/C22H23N3O/c1-3-7-16(8-4-1)22(17-9-5-2-6-10-17)12-11-18-19(13-22)24-25-21(18)20-14-23-15-26-20/h1,3-4,7-8,11-12,14-15,17H,2,5-6,9-10,13H2,(H,24,25). The van der Waals surface area contributed by atoms with Crippen LogP contribution in [0.3, 0.4) is 0 Å². The summed E-state index contributed by atoms with van der Waals surface area (Å²) in [6.45, 7) is 0. The van der Waals surface area contributed by atoms with Gasteiger partial charge in [-0.3, -0.25) is 5.10 Å². The van der Waals surface area contributed by atoms with Crippen LogP contribution in [0.15, 0.2) is 53.4 Å². The van der Waals surface area contributed by atoms with Gasteiger partial charge in [0.1, 0.15) is 5.69 Å². The molecule has 1 aromatic carbocycles. The maximum atomic E-state index is 5.47. The van der Waals surface area contributed by atoms with Crippen molar-refractivity contribution in [1.29, 1.82) is 0 Å². The summed E-state index contributed by atoms with van der Waals surface area (Å²) < 4.78 is 5.47. The molecule has 2 aliphatic carbocycles. The number of nitrogens with one attached hydrogen (secondary N) is 1. The first kappa shape index (κ1) is 15.6. The van der Waals surface area contributed by atoms with Crippen molar-refractivity contribution in [3.05, 3.63) is 65.8 Å². The van der Waals surface area contributed by atoms with Gasteiger partial charge in [0.15, 0.2) is 12.2 Å². The Morgan fingerprint density at radius 3 is 2.69 bits per heavy atom. The number of nitrogens with zero attached hydrogens (tertiary/aromatic N) is 2. The Morgan fingerprint density at radius 2 is 1.92 bits per heavy atom. The van der Waals surface area contributed by atoms with Crippen molar-refractivity contribution >= 4 is 6.08 Å². The summed E-state index contributed by atoms with van der Waals surface area (Å²) in [6.07, 6.45) is 15.5. The molecule has 2 aliphatic rings. The third-order valence-corrected chi connectivity index (χ3v) is 6.21. The summed E-state index contributed by atoms with van der Waals surface area (Å²) in [5, 5.41) is 7.82. The number of fused-ring (bicyclic) bond motifs is 1. The molecule has 0 radical (unpaired) electrons. The molecule has 1 N–H and O–H groups in total.